The zero-order valence-electron chi connectivity index (χ0n) is 19.4. The first-order valence-electron chi connectivity index (χ1n) is 11.2. The first kappa shape index (κ1) is 24.0. The Labute approximate surface area is 219 Å². The maximum atomic E-state index is 13.8. The third-order valence-corrected chi connectivity index (χ3v) is 6.95. The van der Waals surface area contributed by atoms with Crippen molar-refractivity contribution in [3.8, 4) is 17.1 Å². The van der Waals surface area contributed by atoms with Crippen molar-refractivity contribution in [2.24, 2.45) is 0 Å². The topological polar surface area (TPSA) is 95.8 Å². The summed E-state index contributed by atoms with van der Waals surface area (Å²) in [6.45, 7) is 3.55. The normalized spacial score (nSPS) is 11.4. The maximum absolute atomic E-state index is 13.8. The van der Waals surface area contributed by atoms with E-state index in [4.69, 9.17) is 11.6 Å². The second-order valence-corrected chi connectivity index (χ2v) is 9.83. The van der Waals surface area contributed by atoms with Gasteiger partial charge in [0.15, 0.2) is 0 Å². The fraction of sp³-hybridized carbons (Fsp3) is 0.111. The molecule has 3 aromatic carbocycles. The number of aryl methyl sites for hydroxylation is 2. The highest BCUT2D eigenvalue weighted by Crippen LogP contribution is 2.41. The summed E-state index contributed by atoms with van der Waals surface area (Å²) in [6.07, 6.45) is 0. The second-order valence-electron chi connectivity index (χ2n) is 8.51. The number of halogens is 2. The van der Waals surface area contributed by atoms with Crippen LogP contribution in [0.1, 0.15) is 34.0 Å². The Hall–Kier alpha value is -3.75. The predicted octanol–water partition coefficient (Wildman–Crippen LogP) is 5.56. The number of phenols is 1. The molecule has 0 saturated carbocycles. The fourth-order valence-electron chi connectivity index (χ4n) is 4.58. The SMILES string of the molecule is Cc1[nH]n(-c2ccccc2)c(=O)c1C(c1cc(Br)cc(Cl)c1O)c1c(C)[nH]n(-c2ccccc2)c1=O. The number of nitrogens with zero attached hydrogens (tertiary/aromatic N) is 2. The molecule has 0 aliphatic rings. The van der Waals surface area contributed by atoms with Crippen LogP contribution in [0.5, 0.6) is 5.75 Å². The molecule has 0 aliphatic heterocycles. The molecule has 0 saturated heterocycles. The Bertz CT molecular complexity index is 1590. The van der Waals surface area contributed by atoms with E-state index in [1.165, 1.54) is 9.36 Å². The van der Waals surface area contributed by atoms with E-state index in [1.54, 1.807) is 26.0 Å². The van der Waals surface area contributed by atoms with Crippen molar-refractivity contribution in [3.63, 3.8) is 0 Å². The van der Waals surface area contributed by atoms with Crippen LogP contribution in [0.3, 0.4) is 0 Å². The molecule has 3 N–H and O–H groups in total. The van der Waals surface area contributed by atoms with Crippen molar-refractivity contribution in [2.45, 2.75) is 19.8 Å². The van der Waals surface area contributed by atoms with Crippen LogP contribution in [0.15, 0.2) is 86.9 Å². The number of phenolic OH excluding ortho intramolecular Hbond substituents is 1. The first-order valence-corrected chi connectivity index (χ1v) is 12.4. The number of aromatic amines is 2. The summed E-state index contributed by atoms with van der Waals surface area (Å²) in [5.74, 6) is -1.09. The summed E-state index contributed by atoms with van der Waals surface area (Å²) in [4.78, 5) is 27.7. The summed E-state index contributed by atoms with van der Waals surface area (Å²) in [5, 5.41) is 17.4. The molecular weight excluding hydrogens is 544 g/mol. The van der Waals surface area contributed by atoms with Gasteiger partial charge in [0.05, 0.1) is 33.4 Å². The van der Waals surface area contributed by atoms with E-state index in [0.717, 1.165) is 0 Å². The molecule has 182 valence electrons. The lowest BCUT2D eigenvalue weighted by Gasteiger charge is -2.18. The lowest BCUT2D eigenvalue weighted by Crippen LogP contribution is -2.25. The van der Waals surface area contributed by atoms with Crippen molar-refractivity contribution in [3.05, 3.63) is 131 Å². The van der Waals surface area contributed by atoms with E-state index < -0.39 is 5.92 Å². The molecule has 0 bridgehead atoms. The van der Waals surface area contributed by atoms with E-state index in [1.807, 2.05) is 60.7 Å². The summed E-state index contributed by atoms with van der Waals surface area (Å²) in [5.41, 5.74) is 2.79. The monoisotopic (exact) mass is 564 g/mol. The van der Waals surface area contributed by atoms with Crippen LogP contribution in [0.2, 0.25) is 5.02 Å². The molecule has 9 heteroatoms. The minimum Gasteiger partial charge on any atom is -0.506 e. The van der Waals surface area contributed by atoms with Crippen molar-refractivity contribution < 1.29 is 5.11 Å². The van der Waals surface area contributed by atoms with Gasteiger partial charge in [-0.25, -0.2) is 9.36 Å². The summed E-state index contributed by atoms with van der Waals surface area (Å²) >= 11 is 9.78. The van der Waals surface area contributed by atoms with E-state index in [2.05, 4.69) is 26.1 Å². The Morgan fingerprint density at radius 3 is 1.69 bits per heavy atom. The van der Waals surface area contributed by atoms with Crippen molar-refractivity contribution in [2.75, 3.05) is 0 Å². The van der Waals surface area contributed by atoms with Gasteiger partial charge in [-0.3, -0.25) is 19.8 Å². The van der Waals surface area contributed by atoms with Crippen LogP contribution >= 0.6 is 27.5 Å². The average Bonchev–Trinajstić information content (AvgIpc) is 3.33. The van der Waals surface area contributed by atoms with Gasteiger partial charge < -0.3 is 5.11 Å². The van der Waals surface area contributed by atoms with Crippen LogP contribution in [0.25, 0.3) is 11.4 Å². The Morgan fingerprint density at radius 1 is 0.806 bits per heavy atom. The molecule has 2 heterocycles. The van der Waals surface area contributed by atoms with Crippen LogP contribution in [-0.2, 0) is 0 Å². The van der Waals surface area contributed by atoms with Gasteiger partial charge in [-0.1, -0.05) is 63.9 Å². The molecule has 36 heavy (non-hydrogen) atoms. The highest BCUT2D eigenvalue weighted by atomic mass is 79.9. The van der Waals surface area contributed by atoms with Gasteiger partial charge in [-0.05, 0) is 50.2 Å². The lowest BCUT2D eigenvalue weighted by atomic mass is 9.84. The van der Waals surface area contributed by atoms with Gasteiger partial charge in [0, 0.05) is 21.4 Å². The summed E-state index contributed by atoms with van der Waals surface area (Å²) in [6, 6.07) is 21.6. The highest BCUT2D eigenvalue weighted by Gasteiger charge is 2.33. The first-order chi connectivity index (χ1) is 17.3. The van der Waals surface area contributed by atoms with Gasteiger partial charge in [0.25, 0.3) is 11.1 Å². The minimum atomic E-state index is -0.901. The zero-order chi connectivity index (χ0) is 25.6. The van der Waals surface area contributed by atoms with Gasteiger partial charge in [-0.2, -0.15) is 0 Å². The summed E-state index contributed by atoms with van der Waals surface area (Å²) in [7, 11) is 0. The molecule has 0 radical (unpaired) electrons. The second kappa shape index (κ2) is 9.37. The van der Waals surface area contributed by atoms with Gasteiger partial charge >= 0.3 is 0 Å². The number of hydrogen-bond donors (Lipinski definition) is 3. The standard InChI is InChI=1S/C27H22BrClN4O3/c1-15-22(26(35)32(30-15)18-9-5-3-6-10-18)24(20-13-17(28)14-21(29)25(20)34)23-16(2)31-33(27(23)36)19-11-7-4-8-12-19/h3-14,24,30-31,34H,1-2H3. The predicted molar refractivity (Wildman–Crippen MR) is 144 cm³/mol. The number of nitrogens with one attached hydrogen (secondary N) is 2. The largest absolute Gasteiger partial charge is 0.506 e. The number of rotatable bonds is 5. The molecule has 0 atom stereocenters. The smallest absolute Gasteiger partial charge is 0.275 e. The van der Waals surface area contributed by atoms with Gasteiger partial charge in [0.2, 0.25) is 0 Å². The Morgan fingerprint density at radius 2 is 1.25 bits per heavy atom. The Balaban J connectivity index is 1.83. The Kier molecular flexibility index (Phi) is 6.24. The third-order valence-electron chi connectivity index (χ3n) is 6.21. The van der Waals surface area contributed by atoms with E-state index in [-0.39, 0.29) is 21.9 Å². The van der Waals surface area contributed by atoms with Crippen LogP contribution in [-0.4, -0.2) is 24.7 Å². The fourth-order valence-corrected chi connectivity index (χ4v) is 5.41. The van der Waals surface area contributed by atoms with Crippen molar-refractivity contribution in [1.82, 2.24) is 19.6 Å². The minimum absolute atomic E-state index is 0.109. The molecule has 7 nitrogen and oxygen atoms in total. The number of aromatic hydroxyl groups is 1. The molecular formula is C27H22BrClN4O3. The lowest BCUT2D eigenvalue weighted by molar-refractivity contribution is 0.467. The molecule has 0 spiro atoms. The quantitative estimate of drug-likeness (QED) is 0.260. The molecule has 2 aromatic heterocycles. The number of hydrogen-bond acceptors (Lipinski definition) is 3. The molecule has 0 unspecified atom stereocenters. The highest BCUT2D eigenvalue weighted by molar-refractivity contribution is 9.10. The van der Waals surface area contributed by atoms with E-state index in [0.29, 0.717) is 43.9 Å². The average molecular weight is 566 g/mol. The van der Waals surface area contributed by atoms with Crippen molar-refractivity contribution in [1.29, 1.82) is 0 Å². The number of H-pyrrole nitrogens is 2. The molecule has 0 fully saturated rings. The van der Waals surface area contributed by atoms with Crippen molar-refractivity contribution >= 4 is 27.5 Å². The third kappa shape index (κ3) is 4.02. The number of para-hydroxylation sites is 2. The maximum Gasteiger partial charge on any atom is 0.275 e. The molecule has 5 rings (SSSR count). The van der Waals surface area contributed by atoms with Gasteiger partial charge in [0.1, 0.15) is 5.75 Å². The zero-order valence-corrected chi connectivity index (χ0v) is 21.8. The van der Waals surface area contributed by atoms with Crippen LogP contribution in [0.4, 0.5) is 0 Å². The van der Waals surface area contributed by atoms with Gasteiger partial charge in [-0.15, -0.1) is 0 Å². The summed E-state index contributed by atoms with van der Waals surface area (Å²) < 4.78 is 3.48. The molecule has 0 amide bonds. The number of aromatic nitrogens is 4. The van der Waals surface area contributed by atoms with E-state index >= 15 is 0 Å². The molecule has 0 aliphatic carbocycles. The van der Waals surface area contributed by atoms with Crippen LogP contribution in [0, 0.1) is 13.8 Å². The van der Waals surface area contributed by atoms with E-state index in [9.17, 15) is 14.7 Å². The number of benzene rings is 3. The van der Waals surface area contributed by atoms with Crippen LogP contribution < -0.4 is 11.1 Å². The molecule has 5 aromatic rings.